The van der Waals surface area contributed by atoms with E-state index in [2.05, 4.69) is 24.0 Å². The lowest BCUT2D eigenvalue weighted by molar-refractivity contribution is 0.238. The fourth-order valence-electron chi connectivity index (χ4n) is 2.60. The van der Waals surface area contributed by atoms with Gasteiger partial charge in [-0.05, 0) is 24.5 Å². The molecule has 94 valence electrons. The van der Waals surface area contributed by atoms with Gasteiger partial charge in [0.1, 0.15) is 5.75 Å². The maximum absolute atomic E-state index is 6.08. The molecule has 0 aromatic heterocycles. The third kappa shape index (κ3) is 2.61. The number of hydrogen-bond acceptors (Lipinski definition) is 3. The Balaban J connectivity index is 2.09. The van der Waals surface area contributed by atoms with Crippen molar-refractivity contribution in [2.75, 3.05) is 20.2 Å². The third-order valence-corrected chi connectivity index (χ3v) is 3.69. The maximum atomic E-state index is 6.08. The highest BCUT2D eigenvalue weighted by molar-refractivity contribution is 5.37. The van der Waals surface area contributed by atoms with E-state index in [-0.39, 0.29) is 6.17 Å². The Morgan fingerprint density at radius 2 is 2.24 bits per heavy atom. The Morgan fingerprint density at radius 3 is 2.94 bits per heavy atom. The SMILES string of the molecule is CC[C@H](N)N1CCC(c2ccccc2OC)C1. The highest BCUT2D eigenvalue weighted by atomic mass is 16.5. The van der Waals surface area contributed by atoms with Gasteiger partial charge in [0.05, 0.1) is 13.3 Å². The quantitative estimate of drug-likeness (QED) is 0.868. The molecular formula is C14H22N2O. The van der Waals surface area contributed by atoms with Crippen LogP contribution in [0.5, 0.6) is 5.75 Å². The second-order valence-corrected chi connectivity index (χ2v) is 4.70. The van der Waals surface area contributed by atoms with Crippen molar-refractivity contribution >= 4 is 0 Å². The van der Waals surface area contributed by atoms with Crippen molar-refractivity contribution in [3.63, 3.8) is 0 Å². The van der Waals surface area contributed by atoms with E-state index in [4.69, 9.17) is 10.5 Å². The van der Waals surface area contributed by atoms with Crippen LogP contribution < -0.4 is 10.5 Å². The van der Waals surface area contributed by atoms with Crippen molar-refractivity contribution in [2.24, 2.45) is 5.73 Å². The number of ether oxygens (including phenoxy) is 1. The molecule has 1 aliphatic heterocycles. The summed E-state index contributed by atoms with van der Waals surface area (Å²) in [7, 11) is 1.74. The van der Waals surface area contributed by atoms with Crippen LogP contribution in [0.4, 0.5) is 0 Å². The summed E-state index contributed by atoms with van der Waals surface area (Å²) in [5.41, 5.74) is 7.40. The Bertz CT molecular complexity index is 367. The lowest BCUT2D eigenvalue weighted by Gasteiger charge is -2.23. The lowest BCUT2D eigenvalue weighted by Crippen LogP contribution is -2.39. The monoisotopic (exact) mass is 234 g/mol. The van der Waals surface area contributed by atoms with Crippen LogP contribution in [0.3, 0.4) is 0 Å². The zero-order chi connectivity index (χ0) is 12.3. The number of nitrogens with zero attached hydrogens (tertiary/aromatic N) is 1. The summed E-state index contributed by atoms with van der Waals surface area (Å²) in [4.78, 5) is 2.37. The summed E-state index contributed by atoms with van der Waals surface area (Å²) < 4.78 is 5.43. The molecule has 0 radical (unpaired) electrons. The molecule has 3 nitrogen and oxygen atoms in total. The van der Waals surface area contributed by atoms with Crippen LogP contribution in [0.25, 0.3) is 0 Å². The molecule has 2 atom stereocenters. The van der Waals surface area contributed by atoms with Gasteiger partial charge < -0.3 is 10.5 Å². The van der Waals surface area contributed by atoms with Crippen molar-refractivity contribution in [3.8, 4) is 5.75 Å². The van der Waals surface area contributed by atoms with Gasteiger partial charge in [-0.25, -0.2) is 0 Å². The standard InChI is InChI=1S/C14H22N2O/c1-3-14(15)16-9-8-11(10-16)12-6-4-5-7-13(12)17-2/h4-7,11,14H,3,8-10,15H2,1-2H3/t11?,14-/m1/s1. The first-order chi connectivity index (χ1) is 8.26. The molecule has 1 saturated heterocycles. The van der Waals surface area contributed by atoms with Crippen LogP contribution in [0, 0.1) is 0 Å². The first-order valence-electron chi connectivity index (χ1n) is 6.38. The van der Waals surface area contributed by atoms with Gasteiger partial charge in [-0.3, -0.25) is 4.90 Å². The minimum absolute atomic E-state index is 0.203. The molecule has 1 heterocycles. The molecule has 2 N–H and O–H groups in total. The molecule has 1 aliphatic rings. The molecule has 1 aromatic rings. The highest BCUT2D eigenvalue weighted by Crippen LogP contribution is 2.33. The first-order valence-corrected chi connectivity index (χ1v) is 6.38. The predicted molar refractivity (Wildman–Crippen MR) is 70.2 cm³/mol. The average molecular weight is 234 g/mol. The Kier molecular flexibility index (Phi) is 4.02. The van der Waals surface area contributed by atoms with E-state index in [0.717, 1.165) is 25.3 Å². The number of nitrogens with two attached hydrogens (primary N) is 1. The summed E-state index contributed by atoms with van der Waals surface area (Å²) in [5, 5.41) is 0. The van der Waals surface area contributed by atoms with Gasteiger partial charge in [0.25, 0.3) is 0 Å². The Morgan fingerprint density at radius 1 is 1.47 bits per heavy atom. The predicted octanol–water partition coefficient (Wildman–Crippen LogP) is 2.18. The normalized spacial score (nSPS) is 22.6. The largest absolute Gasteiger partial charge is 0.496 e. The van der Waals surface area contributed by atoms with Crippen molar-refractivity contribution in [2.45, 2.75) is 31.8 Å². The van der Waals surface area contributed by atoms with Gasteiger partial charge in [-0.1, -0.05) is 25.1 Å². The molecule has 0 bridgehead atoms. The summed E-state index contributed by atoms with van der Waals surface area (Å²) in [6.07, 6.45) is 2.39. The molecule has 1 fully saturated rings. The summed E-state index contributed by atoms with van der Waals surface area (Å²) >= 11 is 0. The smallest absolute Gasteiger partial charge is 0.122 e. The van der Waals surface area contributed by atoms with E-state index in [0.29, 0.717) is 5.92 Å². The number of likely N-dealkylation sites (tertiary alicyclic amines) is 1. The molecule has 0 aliphatic carbocycles. The maximum Gasteiger partial charge on any atom is 0.122 e. The summed E-state index contributed by atoms with van der Waals surface area (Å²) in [6, 6.07) is 8.31. The van der Waals surface area contributed by atoms with Crippen LogP contribution in [-0.2, 0) is 0 Å². The zero-order valence-corrected chi connectivity index (χ0v) is 10.7. The molecule has 0 saturated carbocycles. The average Bonchev–Trinajstić information content (AvgIpc) is 2.87. The number of rotatable bonds is 4. The number of methoxy groups -OCH3 is 1. The molecule has 2 rings (SSSR count). The number of benzene rings is 1. The van der Waals surface area contributed by atoms with E-state index >= 15 is 0 Å². The van der Waals surface area contributed by atoms with Crippen molar-refractivity contribution in [1.29, 1.82) is 0 Å². The summed E-state index contributed by atoms with van der Waals surface area (Å²) in [5.74, 6) is 1.56. The third-order valence-electron chi connectivity index (χ3n) is 3.69. The van der Waals surface area contributed by atoms with Gasteiger partial charge in [0.15, 0.2) is 0 Å². The minimum Gasteiger partial charge on any atom is -0.496 e. The van der Waals surface area contributed by atoms with Gasteiger partial charge in [0, 0.05) is 19.0 Å². The van der Waals surface area contributed by atoms with E-state index in [1.807, 2.05) is 12.1 Å². The van der Waals surface area contributed by atoms with Crippen molar-refractivity contribution in [1.82, 2.24) is 4.90 Å². The first kappa shape index (κ1) is 12.4. The second-order valence-electron chi connectivity index (χ2n) is 4.70. The van der Waals surface area contributed by atoms with Crippen molar-refractivity contribution in [3.05, 3.63) is 29.8 Å². The van der Waals surface area contributed by atoms with Crippen LogP contribution in [0.2, 0.25) is 0 Å². The van der Waals surface area contributed by atoms with Crippen LogP contribution in [0.1, 0.15) is 31.2 Å². The molecule has 17 heavy (non-hydrogen) atoms. The molecule has 3 heteroatoms. The van der Waals surface area contributed by atoms with E-state index in [9.17, 15) is 0 Å². The lowest BCUT2D eigenvalue weighted by atomic mass is 9.97. The van der Waals surface area contributed by atoms with E-state index in [1.54, 1.807) is 7.11 Å². The van der Waals surface area contributed by atoms with Gasteiger partial charge >= 0.3 is 0 Å². The molecule has 0 spiro atoms. The Labute approximate surface area is 104 Å². The number of hydrogen-bond donors (Lipinski definition) is 1. The minimum atomic E-state index is 0.203. The van der Waals surface area contributed by atoms with Crippen molar-refractivity contribution < 1.29 is 4.74 Å². The van der Waals surface area contributed by atoms with Crippen LogP contribution in [-0.4, -0.2) is 31.3 Å². The number of para-hydroxylation sites is 1. The Hall–Kier alpha value is -1.06. The molecule has 1 unspecified atom stereocenters. The molecule has 0 amide bonds. The second kappa shape index (κ2) is 5.52. The molecular weight excluding hydrogens is 212 g/mol. The highest BCUT2D eigenvalue weighted by Gasteiger charge is 2.28. The van der Waals surface area contributed by atoms with E-state index in [1.165, 1.54) is 12.0 Å². The topological polar surface area (TPSA) is 38.5 Å². The van der Waals surface area contributed by atoms with Crippen LogP contribution in [0.15, 0.2) is 24.3 Å². The van der Waals surface area contributed by atoms with Gasteiger partial charge in [0.2, 0.25) is 0 Å². The van der Waals surface area contributed by atoms with Gasteiger partial charge in [-0.15, -0.1) is 0 Å². The zero-order valence-electron chi connectivity index (χ0n) is 10.7. The van der Waals surface area contributed by atoms with Gasteiger partial charge in [-0.2, -0.15) is 0 Å². The fourth-order valence-corrected chi connectivity index (χ4v) is 2.60. The van der Waals surface area contributed by atoms with E-state index < -0.39 is 0 Å². The molecule has 1 aromatic carbocycles. The summed E-state index contributed by atoms with van der Waals surface area (Å²) in [6.45, 7) is 4.29. The van der Waals surface area contributed by atoms with Crippen LogP contribution >= 0.6 is 0 Å². The fraction of sp³-hybridized carbons (Fsp3) is 0.571.